The lowest BCUT2D eigenvalue weighted by Crippen LogP contribution is -2.26. The monoisotopic (exact) mass is 262 g/mol. The zero-order valence-electron chi connectivity index (χ0n) is 10.1. The molecule has 1 aliphatic heterocycles. The average Bonchev–Trinajstić information content (AvgIpc) is 2.70. The van der Waals surface area contributed by atoms with Crippen LogP contribution in [0.5, 0.6) is 0 Å². The summed E-state index contributed by atoms with van der Waals surface area (Å²) in [6.07, 6.45) is -1.65. The quantitative estimate of drug-likeness (QED) is 0.492. The van der Waals surface area contributed by atoms with Crippen molar-refractivity contribution in [2.24, 2.45) is 0 Å². The largest absolute Gasteiger partial charge is 0.399 e. The summed E-state index contributed by atoms with van der Waals surface area (Å²) in [5.74, 6) is 0.345. The van der Waals surface area contributed by atoms with E-state index in [0.29, 0.717) is 22.5 Å². The van der Waals surface area contributed by atoms with Gasteiger partial charge in [-0.15, -0.1) is 0 Å². The number of aliphatic hydroxyl groups is 2. The summed E-state index contributed by atoms with van der Waals surface area (Å²) >= 11 is 0. The van der Waals surface area contributed by atoms with Crippen molar-refractivity contribution >= 4 is 22.5 Å². The predicted molar refractivity (Wildman–Crippen MR) is 71.0 cm³/mol. The molecule has 1 aromatic heterocycles. The predicted octanol–water partition coefficient (Wildman–Crippen LogP) is -0.953. The van der Waals surface area contributed by atoms with Crippen LogP contribution < -0.4 is 16.2 Å². The fraction of sp³-hybridized carbons (Fsp3) is 0.333. The van der Waals surface area contributed by atoms with Gasteiger partial charge in [-0.2, -0.15) is 0 Å². The highest BCUT2D eigenvalue weighted by Gasteiger charge is 2.31. The summed E-state index contributed by atoms with van der Waals surface area (Å²) < 4.78 is 0. The number of rotatable bonds is 1. The Balaban J connectivity index is 2.07. The number of nitrogen functional groups attached to an aromatic ring is 1. The van der Waals surface area contributed by atoms with Crippen molar-refractivity contribution in [2.45, 2.75) is 12.2 Å². The molecule has 1 aliphatic rings. The van der Waals surface area contributed by atoms with Gasteiger partial charge in [0.15, 0.2) is 0 Å². The molecule has 2 aromatic rings. The van der Waals surface area contributed by atoms with Crippen molar-refractivity contribution < 1.29 is 10.2 Å². The highest BCUT2D eigenvalue weighted by Crippen LogP contribution is 2.18. The van der Waals surface area contributed by atoms with Crippen molar-refractivity contribution in [2.75, 3.05) is 23.7 Å². The molecular formula is C12H14N4O3. The number of hydrogen-bond acceptors (Lipinski definition) is 6. The van der Waals surface area contributed by atoms with E-state index in [1.54, 1.807) is 23.1 Å². The Hall–Kier alpha value is -2.12. The van der Waals surface area contributed by atoms with Gasteiger partial charge in [-0.25, -0.2) is 4.98 Å². The topological polar surface area (TPSA) is 115 Å². The lowest BCUT2D eigenvalue weighted by Gasteiger charge is -2.15. The molecule has 3 rings (SSSR count). The number of fused-ring (bicyclic) bond motifs is 1. The molecule has 0 aliphatic carbocycles. The van der Waals surface area contributed by atoms with Crippen LogP contribution in [0.25, 0.3) is 10.9 Å². The Bertz CT molecular complexity index is 674. The first kappa shape index (κ1) is 11.9. The molecule has 7 heteroatoms. The third-order valence-electron chi connectivity index (χ3n) is 3.28. The molecule has 0 spiro atoms. The van der Waals surface area contributed by atoms with Gasteiger partial charge < -0.3 is 20.8 Å². The van der Waals surface area contributed by atoms with E-state index in [-0.39, 0.29) is 18.6 Å². The number of nitrogens with zero attached hydrogens (tertiary/aromatic N) is 2. The SMILES string of the molecule is Nc1ccc2nc(N3CC(O)C(O)C3)[nH]c(=O)c2c1. The van der Waals surface area contributed by atoms with Gasteiger partial charge >= 0.3 is 0 Å². The number of H-pyrrole nitrogens is 1. The normalized spacial score (nSPS) is 23.2. The molecule has 2 atom stereocenters. The van der Waals surface area contributed by atoms with Gasteiger partial charge in [0.05, 0.1) is 23.1 Å². The number of β-amino-alcohol motifs (C(OH)–C–C–N with tert-alkyl or cyclic N) is 2. The number of benzene rings is 1. The van der Waals surface area contributed by atoms with E-state index in [2.05, 4.69) is 9.97 Å². The fourth-order valence-electron chi connectivity index (χ4n) is 2.24. The van der Waals surface area contributed by atoms with Crippen LogP contribution in [0.15, 0.2) is 23.0 Å². The van der Waals surface area contributed by atoms with Crippen molar-refractivity contribution in [3.05, 3.63) is 28.6 Å². The van der Waals surface area contributed by atoms with Crippen LogP contribution in [0.4, 0.5) is 11.6 Å². The molecule has 0 saturated carbocycles. The first-order chi connectivity index (χ1) is 9.04. The lowest BCUT2D eigenvalue weighted by molar-refractivity contribution is 0.0572. The molecule has 1 fully saturated rings. The van der Waals surface area contributed by atoms with Crippen LogP contribution in [-0.4, -0.2) is 45.5 Å². The number of aliphatic hydroxyl groups excluding tert-OH is 2. The molecule has 7 nitrogen and oxygen atoms in total. The highest BCUT2D eigenvalue weighted by molar-refractivity contribution is 5.81. The summed E-state index contributed by atoms with van der Waals surface area (Å²) in [4.78, 5) is 20.6. The van der Waals surface area contributed by atoms with Gasteiger partial charge in [-0.1, -0.05) is 0 Å². The van der Waals surface area contributed by atoms with Gasteiger partial charge in [0.25, 0.3) is 5.56 Å². The molecule has 2 unspecified atom stereocenters. The number of aromatic nitrogens is 2. The molecule has 0 amide bonds. The summed E-state index contributed by atoms with van der Waals surface area (Å²) in [7, 11) is 0. The Morgan fingerprint density at radius 2 is 2.00 bits per heavy atom. The van der Waals surface area contributed by atoms with E-state index in [4.69, 9.17) is 5.73 Å². The first-order valence-electron chi connectivity index (χ1n) is 5.95. The number of nitrogens with two attached hydrogens (primary N) is 1. The Labute approximate surface area is 108 Å². The Morgan fingerprint density at radius 3 is 2.68 bits per heavy atom. The maximum atomic E-state index is 12.0. The summed E-state index contributed by atoms with van der Waals surface area (Å²) in [6, 6.07) is 4.91. The van der Waals surface area contributed by atoms with Crippen molar-refractivity contribution in [1.29, 1.82) is 0 Å². The second kappa shape index (κ2) is 4.22. The number of hydrogen-bond donors (Lipinski definition) is 4. The van der Waals surface area contributed by atoms with E-state index in [1.807, 2.05) is 0 Å². The number of anilines is 2. The van der Waals surface area contributed by atoms with Gasteiger partial charge in [-0.3, -0.25) is 9.78 Å². The Morgan fingerprint density at radius 1 is 1.32 bits per heavy atom. The van der Waals surface area contributed by atoms with Gasteiger partial charge in [0, 0.05) is 18.8 Å². The molecule has 2 heterocycles. The number of nitrogens with one attached hydrogen (secondary N) is 1. The maximum absolute atomic E-state index is 12.0. The van der Waals surface area contributed by atoms with Crippen molar-refractivity contribution in [3.8, 4) is 0 Å². The van der Waals surface area contributed by atoms with Crippen molar-refractivity contribution in [3.63, 3.8) is 0 Å². The van der Waals surface area contributed by atoms with Gasteiger partial charge in [0.1, 0.15) is 0 Å². The molecule has 0 bridgehead atoms. The average molecular weight is 262 g/mol. The maximum Gasteiger partial charge on any atom is 0.260 e. The van der Waals surface area contributed by atoms with Gasteiger partial charge in [-0.05, 0) is 18.2 Å². The minimum Gasteiger partial charge on any atom is -0.399 e. The second-order valence-corrected chi connectivity index (χ2v) is 4.71. The zero-order valence-corrected chi connectivity index (χ0v) is 10.1. The smallest absolute Gasteiger partial charge is 0.260 e. The van der Waals surface area contributed by atoms with Crippen LogP contribution in [-0.2, 0) is 0 Å². The zero-order chi connectivity index (χ0) is 13.6. The van der Waals surface area contributed by atoms with Crippen LogP contribution in [0, 0.1) is 0 Å². The molecule has 1 aromatic carbocycles. The van der Waals surface area contributed by atoms with E-state index >= 15 is 0 Å². The second-order valence-electron chi connectivity index (χ2n) is 4.71. The number of aromatic amines is 1. The standard InChI is InChI=1S/C12H14N4O3/c13-6-1-2-8-7(3-6)11(19)15-12(14-8)16-4-9(17)10(18)5-16/h1-3,9-10,17-18H,4-5,13H2,(H,14,15,19). The third kappa shape index (κ3) is 2.02. The van der Waals surface area contributed by atoms with Crippen LogP contribution in [0.3, 0.4) is 0 Å². The van der Waals surface area contributed by atoms with E-state index in [1.165, 1.54) is 0 Å². The van der Waals surface area contributed by atoms with Crippen LogP contribution >= 0.6 is 0 Å². The first-order valence-corrected chi connectivity index (χ1v) is 5.95. The molecule has 19 heavy (non-hydrogen) atoms. The molecule has 100 valence electrons. The van der Waals surface area contributed by atoms with Crippen LogP contribution in [0.2, 0.25) is 0 Å². The molecule has 5 N–H and O–H groups in total. The van der Waals surface area contributed by atoms with E-state index < -0.39 is 12.2 Å². The Kier molecular flexibility index (Phi) is 2.65. The molecule has 0 radical (unpaired) electrons. The fourth-order valence-corrected chi connectivity index (χ4v) is 2.24. The highest BCUT2D eigenvalue weighted by atomic mass is 16.3. The van der Waals surface area contributed by atoms with E-state index in [0.717, 1.165) is 0 Å². The van der Waals surface area contributed by atoms with Crippen LogP contribution in [0.1, 0.15) is 0 Å². The minimum atomic E-state index is -0.826. The van der Waals surface area contributed by atoms with Crippen molar-refractivity contribution in [1.82, 2.24) is 9.97 Å². The van der Waals surface area contributed by atoms with Gasteiger partial charge in [0.2, 0.25) is 5.95 Å². The summed E-state index contributed by atoms with van der Waals surface area (Å²) in [5, 5.41) is 19.5. The molecule has 1 saturated heterocycles. The minimum absolute atomic E-state index is 0.241. The summed E-state index contributed by atoms with van der Waals surface area (Å²) in [5.41, 5.74) is 6.37. The molecular weight excluding hydrogens is 248 g/mol. The van der Waals surface area contributed by atoms with E-state index in [9.17, 15) is 15.0 Å². The summed E-state index contributed by atoms with van der Waals surface area (Å²) in [6.45, 7) is 0.481. The third-order valence-corrected chi connectivity index (χ3v) is 3.28. The lowest BCUT2D eigenvalue weighted by atomic mass is 10.2.